The quantitative estimate of drug-likeness (QED) is 0.825. The summed E-state index contributed by atoms with van der Waals surface area (Å²) in [6, 6.07) is 12.9. The van der Waals surface area contributed by atoms with Gasteiger partial charge >= 0.3 is 0 Å². The van der Waals surface area contributed by atoms with Gasteiger partial charge in [0, 0.05) is 23.2 Å². The van der Waals surface area contributed by atoms with Crippen molar-refractivity contribution in [2.75, 3.05) is 0 Å². The number of carbonyl (C=O) groups is 1. The van der Waals surface area contributed by atoms with Gasteiger partial charge in [0.15, 0.2) is 0 Å². The lowest BCUT2D eigenvalue weighted by Gasteiger charge is -2.11. The standard InChI is InChI=1S/C17H19ClN2O3S/c1-12(2)20-24(22,23)16-8-3-5-13(9-16)11-19-17(21)14-6-4-7-15(18)10-14/h3-10,12,20H,11H2,1-2H3,(H,19,21). The van der Waals surface area contributed by atoms with Gasteiger partial charge < -0.3 is 5.32 Å². The highest BCUT2D eigenvalue weighted by atomic mass is 35.5. The largest absolute Gasteiger partial charge is 0.348 e. The molecule has 24 heavy (non-hydrogen) atoms. The lowest BCUT2D eigenvalue weighted by Crippen LogP contribution is -2.30. The van der Waals surface area contributed by atoms with E-state index in [-0.39, 0.29) is 23.4 Å². The molecule has 0 saturated carbocycles. The lowest BCUT2D eigenvalue weighted by atomic mass is 10.2. The molecule has 0 bridgehead atoms. The van der Waals surface area contributed by atoms with Crippen molar-refractivity contribution in [1.29, 1.82) is 0 Å². The summed E-state index contributed by atoms with van der Waals surface area (Å²) in [4.78, 5) is 12.3. The zero-order valence-electron chi connectivity index (χ0n) is 13.4. The van der Waals surface area contributed by atoms with Crippen molar-refractivity contribution in [3.8, 4) is 0 Å². The number of carbonyl (C=O) groups excluding carboxylic acids is 1. The monoisotopic (exact) mass is 366 g/mol. The molecule has 7 heteroatoms. The van der Waals surface area contributed by atoms with Crippen molar-refractivity contribution in [3.05, 3.63) is 64.7 Å². The van der Waals surface area contributed by atoms with Crippen LogP contribution in [0.1, 0.15) is 29.8 Å². The summed E-state index contributed by atoms with van der Waals surface area (Å²) in [5.41, 5.74) is 1.14. The van der Waals surface area contributed by atoms with Crippen LogP contribution in [0.15, 0.2) is 53.4 Å². The minimum absolute atomic E-state index is 0.172. The third kappa shape index (κ3) is 5.06. The fourth-order valence-corrected chi connectivity index (χ4v) is 3.63. The number of benzene rings is 2. The van der Waals surface area contributed by atoms with Gasteiger partial charge in [-0.15, -0.1) is 0 Å². The Morgan fingerprint density at radius 3 is 2.50 bits per heavy atom. The molecule has 0 saturated heterocycles. The molecule has 5 nitrogen and oxygen atoms in total. The van der Waals surface area contributed by atoms with E-state index in [0.717, 1.165) is 0 Å². The number of hydrogen-bond acceptors (Lipinski definition) is 3. The first-order valence-corrected chi connectivity index (χ1v) is 9.29. The number of halogens is 1. The van der Waals surface area contributed by atoms with Crippen molar-refractivity contribution in [1.82, 2.24) is 10.0 Å². The molecule has 2 N–H and O–H groups in total. The number of sulfonamides is 1. The van der Waals surface area contributed by atoms with Crippen molar-refractivity contribution >= 4 is 27.5 Å². The lowest BCUT2D eigenvalue weighted by molar-refractivity contribution is 0.0951. The molecule has 0 atom stereocenters. The van der Waals surface area contributed by atoms with E-state index in [9.17, 15) is 13.2 Å². The maximum atomic E-state index is 12.2. The zero-order valence-corrected chi connectivity index (χ0v) is 15.0. The fourth-order valence-electron chi connectivity index (χ4n) is 2.12. The third-order valence-electron chi connectivity index (χ3n) is 3.14. The van der Waals surface area contributed by atoms with Gasteiger partial charge in [-0.2, -0.15) is 0 Å². The molecule has 0 aliphatic rings. The average Bonchev–Trinajstić information content (AvgIpc) is 2.51. The molecule has 0 fully saturated rings. The summed E-state index contributed by atoms with van der Waals surface area (Å²) in [6.07, 6.45) is 0. The van der Waals surface area contributed by atoms with E-state index in [4.69, 9.17) is 11.6 Å². The Labute approximate surface area is 147 Å². The Kier molecular flexibility index (Phi) is 5.99. The van der Waals surface area contributed by atoms with Gasteiger partial charge in [-0.1, -0.05) is 29.8 Å². The Hall–Kier alpha value is -1.89. The van der Waals surface area contributed by atoms with Crippen LogP contribution in [0.25, 0.3) is 0 Å². The second-order valence-electron chi connectivity index (χ2n) is 5.62. The molecule has 2 aromatic rings. The first kappa shape index (κ1) is 18.4. The van der Waals surface area contributed by atoms with E-state index in [1.165, 1.54) is 6.07 Å². The minimum Gasteiger partial charge on any atom is -0.348 e. The number of hydrogen-bond donors (Lipinski definition) is 2. The van der Waals surface area contributed by atoms with Gasteiger partial charge in [0.25, 0.3) is 5.91 Å². The smallest absolute Gasteiger partial charge is 0.251 e. The number of nitrogens with one attached hydrogen (secondary N) is 2. The molecule has 0 aliphatic carbocycles. The summed E-state index contributed by atoms with van der Waals surface area (Å²) < 4.78 is 26.9. The van der Waals surface area contributed by atoms with Crippen molar-refractivity contribution in [2.45, 2.75) is 31.3 Å². The van der Waals surface area contributed by atoms with Gasteiger partial charge in [-0.25, -0.2) is 13.1 Å². The molecule has 2 rings (SSSR count). The first-order chi connectivity index (χ1) is 11.3. The highest BCUT2D eigenvalue weighted by Crippen LogP contribution is 2.13. The van der Waals surface area contributed by atoms with Gasteiger partial charge in [-0.3, -0.25) is 4.79 Å². The fraction of sp³-hybridized carbons (Fsp3) is 0.235. The Morgan fingerprint density at radius 2 is 1.83 bits per heavy atom. The van der Waals surface area contributed by atoms with Crippen LogP contribution in [0.5, 0.6) is 0 Å². The van der Waals surface area contributed by atoms with Gasteiger partial charge in [0.1, 0.15) is 0 Å². The molecule has 0 unspecified atom stereocenters. The molecule has 0 spiro atoms. The molecular weight excluding hydrogens is 348 g/mol. The Bertz CT molecular complexity index is 835. The van der Waals surface area contributed by atoms with Crippen LogP contribution >= 0.6 is 11.6 Å². The van der Waals surface area contributed by atoms with E-state index in [0.29, 0.717) is 16.1 Å². The van der Waals surface area contributed by atoms with Crippen LogP contribution in [0.3, 0.4) is 0 Å². The second-order valence-corrected chi connectivity index (χ2v) is 7.77. The molecule has 0 aromatic heterocycles. The van der Waals surface area contributed by atoms with Crippen LogP contribution in [-0.2, 0) is 16.6 Å². The topological polar surface area (TPSA) is 75.3 Å². The average molecular weight is 367 g/mol. The first-order valence-electron chi connectivity index (χ1n) is 7.43. The van der Waals surface area contributed by atoms with E-state index < -0.39 is 10.0 Å². The van der Waals surface area contributed by atoms with E-state index in [1.54, 1.807) is 56.3 Å². The second kappa shape index (κ2) is 7.79. The summed E-state index contributed by atoms with van der Waals surface area (Å²) in [5, 5.41) is 3.23. The van der Waals surface area contributed by atoms with Crippen molar-refractivity contribution < 1.29 is 13.2 Å². The molecule has 0 aliphatic heterocycles. The molecule has 1 amide bonds. The van der Waals surface area contributed by atoms with Crippen LogP contribution in [-0.4, -0.2) is 20.4 Å². The van der Waals surface area contributed by atoms with Crippen LogP contribution in [0.4, 0.5) is 0 Å². The molecule has 128 valence electrons. The highest BCUT2D eigenvalue weighted by molar-refractivity contribution is 7.89. The Morgan fingerprint density at radius 1 is 1.12 bits per heavy atom. The molecule has 0 radical (unpaired) electrons. The molecule has 2 aromatic carbocycles. The van der Waals surface area contributed by atoms with Crippen molar-refractivity contribution in [2.24, 2.45) is 0 Å². The number of amides is 1. The van der Waals surface area contributed by atoms with Gasteiger partial charge in [0.2, 0.25) is 10.0 Å². The Balaban J connectivity index is 2.09. The summed E-state index contributed by atoms with van der Waals surface area (Å²) in [6.45, 7) is 3.73. The maximum absolute atomic E-state index is 12.2. The SMILES string of the molecule is CC(C)NS(=O)(=O)c1cccc(CNC(=O)c2cccc(Cl)c2)c1. The number of rotatable bonds is 6. The minimum atomic E-state index is -3.56. The van der Waals surface area contributed by atoms with Crippen LogP contribution in [0.2, 0.25) is 5.02 Å². The van der Waals surface area contributed by atoms with E-state index in [1.807, 2.05) is 0 Å². The van der Waals surface area contributed by atoms with Crippen molar-refractivity contribution in [3.63, 3.8) is 0 Å². The normalized spacial score (nSPS) is 11.5. The highest BCUT2D eigenvalue weighted by Gasteiger charge is 2.15. The maximum Gasteiger partial charge on any atom is 0.251 e. The summed E-state index contributed by atoms with van der Waals surface area (Å²) in [7, 11) is -3.56. The van der Waals surface area contributed by atoms with Gasteiger partial charge in [-0.05, 0) is 49.7 Å². The van der Waals surface area contributed by atoms with Crippen LogP contribution < -0.4 is 10.0 Å². The third-order valence-corrected chi connectivity index (χ3v) is 5.03. The van der Waals surface area contributed by atoms with Crippen LogP contribution in [0, 0.1) is 0 Å². The summed E-state index contributed by atoms with van der Waals surface area (Å²) >= 11 is 5.86. The van der Waals surface area contributed by atoms with E-state index >= 15 is 0 Å². The molecule has 0 heterocycles. The van der Waals surface area contributed by atoms with Gasteiger partial charge in [0.05, 0.1) is 4.90 Å². The summed E-state index contributed by atoms with van der Waals surface area (Å²) in [5.74, 6) is -0.272. The van der Waals surface area contributed by atoms with E-state index in [2.05, 4.69) is 10.0 Å². The molecular formula is C17H19ClN2O3S. The zero-order chi connectivity index (χ0) is 17.7. The predicted molar refractivity (Wildman–Crippen MR) is 94.5 cm³/mol. The predicted octanol–water partition coefficient (Wildman–Crippen LogP) is 2.96.